The van der Waals surface area contributed by atoms with Crippen LogP contribution in [0.5, 0.6) is 0 Å². The van der Waals surface area contributed by atoms with Crippen molar-refractivity contribution in [2.24, 2.45) is 0 Å². The van der Waals surface area contributed by atoms with E-state index >= 15 is 0 Å². The number of nitro groups is 1. The molecule has 0 saturated heterocycles. The number of hydrogen-bond donors (Lipinski definition) is 1. The topological polar surface area (TPSA) is 84.7 Å². The number of benzene rings is 1. The Labute approximate surface area is 108 Å². The Balaban J connectivity index is 1.99. The molecule has 0 aliphatic carbocycles. The number of pyridine rings is 1. The van der Waals surface area contributed by atoms with Crippen LogP contribution in [0.1, 0.15) is 11.5 Å². The van der Waals surface area contributed by atoms with Crippen molar-refractivity contribution in [2.45, 2.75) is 6.42 Å². The molecule has 0 fully saturated rings. The second-order valence-corrected chi connectivity index (χ2v) is 4.10. The molecule has 0 aliphatic rings. The standard InChI is InChI=1S/C13H10N4O2/c18-17(19)12-6-3-7-14-11(12)8-13-15-9-4-1-2-5-10(9)16-13/h1-7H,8H2,(H,15,16). The van der Waals surface area contributed by atoms with Gasteiger partial charge in [0, 0.05) is 12.3 Å². The molecule has 0 unspecified atom stereocenters. The number of aromatic amines is 1. The summed E-state index contributed by atoms with van der Waals surface area (Å²) in [7, 11) is 0. The second kappa shape index (κ2) is 4.49. The van der Waals surface area contributed by atoms with Gasteiger partial charge in [-0.2, -0.15) is 0 Å². The SMILES string of the molecule is O=[N+]([O-])c1cccnc1Cc1nc2ccccc2[nH]1. The van der Waals surface area contributed by atoms with Gasteiger partial charge in [-0.25, -0.2) is 4.98 Å². The lowest BCUT2D eigenvalue weighted by molar-refractivity contribution is -0.385. The summed E-state index contributed by atoms with van der Waals surface area (Å²) in [5.41, 5.74) is 2.18. The minimum Gasteiger partial charge on any atom is -0.342 e. The number of aromatic nitrogens is 3. The number of fused-ring (bicyclic) bond motifs is 1. The fourth-order valence-corrected chi connectivity index (χ4v) is 1.98. The number of H-pyrrole nitrogens is 1. The van der Waals surface area contributed by atoms with Crippen molar-refractivity contribution in [2.75, 3.05) is 0 Å². The van der Waals surface area contributed by atoms with E-state index in [-0.39, 0.29) is 5.69 Å². The second-order valence-electron chi connectivity index (χ2n) is 4.10. The van der Waals surface area contributed by atoms with Gasteiger partial charge in [-0.3, -0.25) is 15.1 Å². The third kappa shape index (κ3) is 2.15. The maximum absolute atomic E-state index is 10.9. The summed E-state index contributed by atoms with van der Waals surface area (Å²) in [6.07, 6.45) is 1.86. The van der Waals surface area contributed by atoms with Crippen LogP contribution in [0.4, 0.5) is 5.69 Å². The lowest BCUT2D eigenvalue weighted by Gasteiger charge is -1.98. The first-order valence-electron chi connectivity index (χ1n) is 5.76. The molecule has 0 amide bonds. The van der Waals surface area contributed by atoms with Gasteiger partial charge in [0.25, 0.3) is 5.69 Å². The number of imidazole rings is 1. The minimum atomic E-state index is -0.426. The Bertz CT molecular complexity index is 718. The monoisotopic (exact) mass is 254 g/mol. The average molecular weight is 254 g/mol. The first-order chi connectivity index (χ1) is 9.24. The number of nitrogens with zero attached hydrogens (tertiary/aromatic N) is 3. The molecule has 3 rings (SSSR count). The van der Waals surface area contributed by atoms with Gasteiger partial charge in [0.05, 0.1) is 22.4 Å². The Morgan fingerprint density at radius 1 is 1.21 bits per heavy atom. The number of nitrogens with one attached hydrogen (secondary N) is 1. The molecule has 0 atom stereocenters. The van der Waals surface area contributed by atoms with Gasteiger partial charge in [0.15, 0.2) is 0 Å². The quantitative estimate of drug-likeness (QED) is 0.574. The minimum absolute atomic E-state index is 0.0166. The summed E-state index contributed by atoms with van der Waals surface area (Å²) in [6, 6.07) is 10.6. The zero-order chi connectivity index (χ0) is 13.2. The van der Waals surface area contributed by atoms with Gasteiger partial charge in [0.2, 0.25) is 0 Å². The molecule has 1 aromatic carbocycles. The van der Waals surface area contributed by atoms with Crippen LogP contribution in [0.3, 0.4) is 0 Å². The molecule has 6 heteroatoms. The highest BCUT2D eigenvalue weighted by molar-refractivity contribution is 5.74. The molecule has 19 heavy (non-hydrogen) atoms. The van der Waals surface area contributed by atoms with Crippen molar-refractivity contribution in [1.82, 2.24) is 15.0 Å². The summed E-state index contributed by atoms with van der Waals surface area (Å²) in [5.74, 6) is 0.669. The van der Waals surface area contributed by atoms with Crippen LogP contribution in [-0.4, -0.2) is 19.9 Å². The molecule has 0 spiro atoms. The van der Waals surface area contributed by atoms with Gasteiger partial charge in [-0.15, -0.1) is 0 Å². The summed E-state index contributed by atoms with van der Waals surface area (Å²) in [4.78, 5) is 22.1. The van der Waals surface area contributed by atoms with E-state index in [0.717, 1.165) is 11.0 Å². The lowest BCUT2D eigenvalue weighted by Crippen LogP contribution is -2.00. The van der Waals surface area contributed by atoms with E-state index < -0.39 is 4.92 Å². The van der Waals surface area contributed by atoms with Gasteiger partial charge in [-0.05, 0) is 18.2 Å². The van der Waals surface area contributed by atoms with Gasteiger partial charge < -0.3 is 4.98 Å². The molecule has 3 aromatic rings. The summed E-state index contributed by atoms with van der Waals surface area (Å²) in [6.45, 7) is 0. The highest BCUT2D eigenvalue weighted by atomic mass is 16.6. The third-order valence-corrected chi connectivity index (χ3v) is 2.84. The smallest absolute Gasteiger partial charge is 0.291 e. The molecule has 6 nitrogen and oxygen atoms in total. The van der Waals surface area contributed by atoms with Gasteiger partial charge in [0.1, 0.15) is 11.5 Å². The third-order valence-electron chi connectivity index (χ3n) is 2.84. The Kier molecular flexibility index (Phi) is 2.68. The van der Waals surface area contributed by atoms with Gasteiger partial charge >= 0.3 is 0 Å². The number of para-hydroxylation sites is 2. The van der Waals surface area contributed by atoms with E-state index in [1.54, 1.807) is 12.3 Å². The van der Waals surface area contributed by atoms with Crippen LogP contribution in [0.2, 0.25) is 0 Å². The van der Waals surface area contributed by atoms with Gasteiger partial charge in [-0.1, -0.05) is 12.1 Å². The van der Waals surface area contributed by atoms with Crippen molar-refractivity contribution in [3.63, 3.8) is 0 Å². The molecule has 0 bridgehead atoms. The van der Waals surface area contributed by atoms with Crippen LogP contribution in [0, 0.1) is 10.1 Å². The molecule has 2 heterocycles. The zero-order valence-electron chi connectivity index (χ0n) is 9.91. The predicted octanol–water partition coefficient (Wildman–Crippen LogP) is 2.46. The Morgan fingerprint density at radius 2 is 2.05 bits per heavy atom. The van der Waals surface area contributed by atoms with Crippen LogP contribution < -0.4 is 0 Å². The highest BCUT2D eigenvalue weighted by Crippen LogP contribution is 2.19. The van der Waals surface area contributed by atoms with Crippen molar-refractivity contribution < 1.29 is 4.92 Å². The Morgan fingerprint density at radius 3 is 2.84 bits per heavy atom. The number of hydrogen-bond acceptors (Lipinski definition) is 4. The van der Waals surface area contributed by atoms with E-state index in [4.69, 9.17) is 0 Å². The first kappa shape index (κ1) is 11.3. The number of rotatable bonds is 3. The fraction of sp³-hybridized carbons (Fsp3) is 0.0769. The molecule has 0 radical (unpaired) electrons. The van der Waals surface area contributed by atoms with E-state index in [1.807, 2.05) is 24.3 Å². The fourth-order valence-electron chi connectivity index (χ4n) is 1.98. The molecule has 0 saturated carbocycles. The van der Waals surface area contributed by atoms with E-state index in [1.165, 1.54) is 6.07 Å². The van der Waals surface area contributed by atoms with Crippen LogP contribution in [0.25, 0.3) is 11.0 Å². The lowest BCUT2D eigenvalue weighted by atomic mass is 10.2. The average Bonchev–Trinajstić information content (AvgIpc) is 2.81. The van der Waals surface area contributed by atoms with Crippen molar-refractivity contribution in [1.29, 1.82) is 0 Å². The normalized spacial score (nSPS) is 10.7. The Hall–Kier alpha value is -2.76. The van der Waals surface area contributed by atoms with E-state index in [2.05, 4.69) is 15.0 Å². The van der Waals surface area contributed by atoms with Crippen molar-refractivity contribution in [3.05, 3.63) is 64.2 Å². The zero-order valence-corrected chi connectivity index (χ0v) is 9.91. The molecule has 94 valence electrons. The summed E-state index contributed by atoms with van der Waals surface area (Å²) >= 11 is 0. The molecular formula is C13H10N4O2. The first-order valence-corrected chi connectivity index (χ1v) is 5.76. The van der Waals surface area contributed by atoms with Crippen LogP contribution in [0.15, 0.2) is 42.6 Å². The summed E-state index contributed by atoms with van der Waals surface area (Å²) < 4.78 is 0. The maximum Gasteiger partial charge on any atom is 0.291 e. The van der Waals surface area contributed by atoms with Crippen molar-refractivity contribution in [3.8, 4) is 0 Å². The van der Waals surface area contributed by atoms with Crippen LogP contribution in [-0.2, 0) is 6.42 Å². The molecule has 2 aromatic heterocycles. The van der Waals surface area contributed by atoms with Crippen LogP contribution >= 0.6 is 0 Å². The molecule has 1 N–H and O–H groups in total. The summed E-state index contributed by atoms with van der Waals surface area (Å²) in [5, 5.41) is 10.9. The maximum atomic E-state index is 10.9. The predicted molar refractivity (Wildman–Crippen MR) is 69.8 cm³/mol. The molecule has 0 aliphatic heterocycles. The van der Waals surface area contributed by atoms with Crippen molar-refractivity contribution >= 4 is 16.7 Å². The molecular weight excluding hydrogens is 244 g/mol. The highest BCUT2D eigenvalue weighted by Gasteiger charge is 2.15. The van der Waals surface area contributed by atoms with E-state index in [0.29, 0.717) is 17.9 Å². The van der Waals surface area contributed by atoms with E-state index in [9.17, 15) is 10.1 Å². The largest absolute Gasteiger partial charge is 0.342 e.